The van der Waals surface area contributed by atoms with Crippen molar-refractivity contribution in [2.24, 2.45) is 0 Å². The molecule has 4 rings (SSSR count). The lowest BCUT2D eigenvalue weighted by molar-refractivity contribution is 0.0954. The number of benzene rings is 1. The molecule has 1 aromatic carbocycles. The highest BCUT2D eigenvalue weighted by Gasteiger charge is 2.20. The van der Waals surface area contributed by atoms with Crippen LogP contribution in [0.5, 0.6) is 0 Å². The summed E-state index contributed by atoms with van der Waals surface area (Å²) in [6.45, 7) is 5.91. The zero-order chi connectivity index (χ0) is 19.3. The van der Waals surface area contributed by atoms with Crippen LogP contribution in [-0.2, 0) is 0 Å². The summed E-state index contributed by atoms with van der Waals surface area (Å²) < 4.78 is 5.93. The highest BCUT2D eigenvalue weighted by molar-refractivity contribution is 7.13. The normalized spacial score (nSPS) is 14.7. The van der Waals surface area contributed by atoms with Crippen LogP contribution >= 0.6 is 35.3 Å². The van der Waals surface area contributed by atoms with Crippen molar-refractivity contribution in [1.82, 2.24) is 14.6 Å². The molecule has 156 valence electrons. The molecule has 0 bridgehead atoms. The molecule has 1 saturated heterocycles. The van der Waals surface area contributed by atoms with Crippen LogP contribution in [0.1, 0.15) is 23.2 Å². The van der Waals surface area contributed by atoms with Crippen LogP contribution in [0.4, 0.5) is 11.5 Å². The molecule has 29 heavy (non-hydrogen) atoms. The molecule has 1 fully saturated rings. The van der Waals surface area contributed by atoms with Gasteiger partial charge in [0.25, 0.3) is 5.91 Å². The van der Waals surface area contributed by atoms with Crippen LogP contribution < -0.4 is 16.0 Å². The maximum Gasteiger partial charge on any atom is 0.254 e. The van der Waals surface area contributed by atoms with Crippen molar-refractivity contribution < 1.29 is 4.79 Å². The van der Waals surface area contributed by atoms with Crippen LogP contribution in [0, 0.1) is 0 Å². The molecule has 1 aliphatic heterocycles. The number of fused-ring (bicyclic) bond motifs is 1. The fourth-order valence-electron chi connectivity index (χ4n) is 3.53. The van der Waals surface area contributed by atoms with Gasteiger partial charge in [-0.25, -0.2) is 0 Å². The van der Waals surface area contributed by atoms with Crippen molar-refractivity contribution in [3.05, 3.63) is 40.6 Å². The number of hydrogen-bond donors (Lipinski definition) is 2. The molecule has 0 spiro atoms. The number of hydrogen-bond acceptors (Lipinski definition) is 7. The van der Waals surface area contributed by atoms with E-state index in [2.05, 4.69) is 43.8 Å². The molecular weight excluding hydrogens is 426 g/mol. The average Bonchev–Trinajstić information content (AvgIpc) is 3.34. The van der Waals surface area contributed by atoms with Gasteiger partial charge in [-0.2, -0.15) is 4.37 Å². The molecule has 3 N–H and O–H groups in total. The summed E-state index contributed by atoms with van der Waals surface area (Å²) in [4.78, 5) is 16.9. The monoisotopic (exact) mass is 451 g/mol. The Morgan fingerprint density at radius 3 is 2.69 bits per heavy atom. The molecule has 0 radical (unpaired) electrons. The first kappa shape index (κ1) is 21.8. The third-order valence-electron chi connectivity index (χ3n) is 5.15. The van der Waals surface area contributed by atoms with Crippen molar-refractivity contribution in [3.63, 3.8) is 0 Å². The molecule has 2 aromatic heterocycles. The van der Waals surface area contributed by atoms with Crippen LogP contribution in [-0.4, -0.2) is 54.4 Å². The highest BCUT2D eigenvalue weighted by atomic mass is 35.5. The Balaban J connectivity index is 0.00000240. The van der Waals surface area contributed by atoms with E-state index in [9.17, 15) is 4.79 Å². The summed E-state index contributed by atoms with van der Waals surface area (Å²) in [7, 11) is 0. The van der Waals surface area contributed by atoms with Crippen LogP contribution in [0.25, 0.3) is 10.1 Å². The van der Waals surface area contributed by atoms with E-state index in [1.165, 1.54) is 21.4 Å². The van der Waals surface area contributed by atoms with Crippen LogP contribution in [0.2, 0.25) is 0 Å². The van der Waals surface area contributed by atoms with Gasteiger partial charge in [-0.3, -0.25) is 9.69 Å². The van der Waals surface area contributed by atoms with Gasteiger partial charge in [0, 0.05) is 48.9 Å². The molecule has 0 aliphatic carbocycles. The minimum absolute atomic E-state index is 0. The zero-order valence-corrected chi connectivity index (χ0v) is 18.6. The number of unbranched alkanes of at least 4 members (excludes halogenated alkanes) is 1. The number of aromatic nitrogens is 1. The fourth-order valence-corrected chi connectivity index (χ4v) is 5.05. The van der Waals surface area contributed by atoms with Gasteiger partial charge < -0.3 is 16.0 Å². The Morgan fingerprint density at radius 1 is 1.14 bits per heavy atom. The second kappa shape index (κ2) is 10.2. The fraction of sp³-hybridized carbons (Fsp3) is 0.400. The Hall–Kier alpha value is -1.87. The van der Waals surface area contributed by atoms with Gasteiger partial charge in [0.1, 0.15) is 5.82 Å². The molecular formula is C20H26ClN5OS2. The second-order valence-electron chi connectivity index (χ2n) is 7.03. The topological polar surface area (TPSA) is 74.5 Å². The third kappa shape index (κ3) is 5.19. The van der Waals surface area contributed by atoms with Gasteiger partial charge in [0.15, 0.2) is 0 Å². The van der Waals surface area contributed by atoms with Crippen LogP contribution in [0.15, 0.2) is 35.0 Å². The standard InChI is InChI=1S/C20H25N5OS2.ClH/c21-17-14-27-13-16(17)20(26)22-7-3-4-8-24-9-11-25(12-10-24)19-15-5-1-2-6-18(15)28-23-19;/h1-2,5-6,13-14H,3-4,7-12,21H2,(H,22,26);1H. The van der Waals surface area contributed by atoms with E-state index >= 15 is 0 Å². The van der Waals surface area contributed by atoms with Crippen molar-refractivity contribution in [2.75, 3.05) is 49.9 Å². The number of amides is 1. The molecule has 1 amide bonds. The summed E-state index contributed by atoms with van der Waals surface area (Å²) in [6.07, 6.45) is 2.06. The van der Waals surface area contributed by atoms with E-state index in [1.54, 1.807) is 22.3 Å². The number of rotatable bonds is 7. The van der Waals surface area contributed by atoms with Gasteiger partial charge in [-0.1, -0.05) is 12.1 Å². The van der Waals surface area contributed by atoms with Gasteiger partial charge >= 0.3 is 0 Å². The first-order valence-electron chi connectivity index (χ1n) is 9.64. The van der Waals surface area contributed by atoms with Gasteiger partial charge in [-0.15, -0.1) is 23.7 Å². The number of carbonyl (C=O) groups excluding carboxylic acids is 1. The minimum Gasteiger partial charge on any atom is -0.397 e. The molecule has 3 aromatic rings. The maximum absolute atomic E-state index is 12.0. The lowest BCUT2D eigenvalue weighted by atomic mass is 10.2. The number of nitrogens with zero attached hydrogens (tertiary/aromatic N) is 3. The van der Waals surface area contributed by atoms with Crippen molar-refractivity contribution in [2.45, 2.75) is 12.8 Å². The summed E-state index contributed by atoms with van der Waals surface area (Å²) in [5, 5.41) is 7.82. The van der Waals surface area contributed by atoms with E-state index in [0.29, 0.717) is 17.8 Å². The van der Waals surface area contributed by atoms with E-state index < -0.39 is 0 Å². The van der Waals surface area contributed by atoms with Crippen LogP contribution in [0.3, 0.4) is 0 Å². The number of nitrogens with two attached hydrogens (primary N) is 1. The SMILES string of the molecule is Cl.Nc1cscc1C(=O)NCCCCN1CCN(c2nsc3ccccc23)CC1. The second-order valence-corrected chi connectivity index (χ2v) is 8.58. The Labute approximate surface area is 185 Å². The molecule has 3 heterocycles. The van der Waals surface area contributed by atoms with Crippen molar-refractivity contribution in [3.8, 4) is 0 Å². The smallest absolute Gasteiger partial charge is 0.254 e. The average molecular weight is 452 g/mol. The lowest BCUT2D eigenvalue weighted by Gasteiger charge is -2.35. The molecule has 0 unspecified atom stereocenters. The van der Waals surface area contributed by atoms with E-state index in [-0.39, 0.29) is 18.3 Å². The molecule has 9 heteroatoms. The maximum atomic E-state index is 12.0. The number of carbonyl (C=O) groups is 1. The minimum atomic E-state index is -0.0668. The Bertz CT molecular complexity index is 936. The molecule has 0 atom stereocenters. The quantitative estimate of drug-likeness (QED) is 0.536. The number of anilines is 2. The predicted octanol–water partition coefficient (Wildman–Crippen LogP) is 3.69. The number of nitrogen functional groups attached to an aromatic ring is 1. The largest absolute Gasteiger partial charge is 0.397 e. The van der Waals surface area contributed by atoms with E-state index in [0.717, 1.165) is 51.4 Å². The van der Waals surface area contributed by atoms with Gasteiger partial charge in [0.2, 0.25) is 0 Å². The van der Waals surface area contributed by atoms with E-state index in [4.69, 9.17) is 5.73 Å². The van der Waals surface area contributed by atoms with Gasteiger partial charge in [0.05, 0.1) is 16.0 Å². The Morgan fingerprint density at radius 2 is 1.93 bits per heavy atom. The third-order valence-corrected chi connectivity index (χ3v) is 6.73. The van der Waals surface area contributed by atoms with Crippen molar-refractivity contribution in [1.29, 1.82) is 0 Å². The zero-order valence-electron chi connectivity index (χ0n) is 16.2. The van der Waals surface area contributed by atoms with E-state index in [1.807, 2.05) is 0 Å². The lowest BCUT2D eigenvalue weighted by Crippen LogP contribution is -2.46. The molecule has 1 aliphatic rings. The molecule has 0 saturated carbocycles. The number of piperazine rings is 1. The number of halogens is 1. The first-order chi connectivity index (χ1) is 13.7. The number of nitrogens with one attached hydrogen (secondary N) is 1. The summed E-state index contributed by atoms with van der Waals surface area (Å²) in [5.74, 6) is 1.07. The van der Waals surface area contributed by atoms with Gasteiger partial charge in [-0.05, 0) is 43.1 Å². The predicted molar refractivity (Wildman–Crippen MR) is 126 cm³/mol. The summed E-state index contributed by atoms with van der Waals surface area (Å²) >= 11 is 3.04. The summed E-state index contributed by atoms with van der Waals surface area (Å²) in [5.41, 5.74) is 6.94. The summed E-state index contributed by atoms with van der Waals surface area (Å²) in [6, 6.07) is 8.46. The Kier molecular flexibility index (Phi) is 7.71. The molecule has 6 nitrogen and oxygen atoms in total. The number of thiophene rings is 1. The van der Waals surface area contributed by atoms with Crippen molar-refractivity contribution >= 4 is 62.8 Å². The first-order valence-corrected chi connectivity index (χ1v) is 11.4. The highest BCUT2D eigenvalue weighted by Crippen LogP contribution is 2.29.